The van der Waals surface area contributed by atoms with Crippen LogP contribution in [0, 0.1) is 15.9 Å². The van der Waals surface area contributed by atoms with E-state index in [9.17, 15) is 24.1 Å². The fourth-order valence-corrected chi connectivity index (χ4v) is 4.81. The average Bonchev–Trinajstić information content (AvgIpc) is 3.31. The maximum atomic E-state index is 13.5. The van der Waals surface area contributed by atoms with E-state index >= 15 is 0 Å². The number of amides is 2. The molecule has 0 bridgehead atoms. The quantitative estimate of drug-likeness (QED) is 0.411. The molecule has 34 heavy (non-hydrogen) atoms. The predicted octanol–water partition coefficient (Wildman–Crippen LogP) is 3.54. The molecular weight excluding hydrogens is 459 g/mol. The van der Waals surface area contributed by atoms with E-state index in [2.05, 4.69) is 10.2 Å². The SMILES string of the molecule is O=C(NCC(=O)N1CCN(Cc2ccc(-c3cccc(F)c3)s2)CC1)c1cccc([N+](=O)[O-])c1. The van der Waals surface area contributed by atoms with Crippen molar-refractivity contribution in [2.75, 3.05) is 32.7 Å². The van der Waals surface area contributed by atoms with Gasteiger partial charge in [-0.25, -0.2) is 4.39 Å². The zero-order valence-electron chi connectivity index (χ0n) is 18.3. The standard InChI is InChI=1S/C24H23FN4O4S/c25-19-5-1-3-17(13-19)22-8-7-21(34-22)16-27-9-11-28(12-10-27)23(30)15-26-24(31)18-4-2-6-20(14-18)29(32)33/h1-8,13-14H,9-12,15-16H2,(H,26,31). The summed E-state index contributed by atoms with van der Waals surface area (Å²) in [5.74, 6) is -0.972. The molecule has 0 spiro atoms. The first kappa shape index (κ1) is 23.5. The molecule has 0 unspecified atom stereocenters. The maximum absolute atomic E-state index is 13.5. The number of carbonyl (C=O) groups is 2. The summed E-state index contributed by atoms with van der Waals surface area (Å²) in [7, 11) is 0. The van der Waals surface area contributed by atoms with Crippen molar-refractivity contribution in [3.63, 3.8) is 0 Å². The Labute approximate surface area is 199 Å². The van der Waals surface area contributed by atoms with Gasteiger partial charge in [0, 0.05) is 60.2 Å². The Balaban J connectivity index is 1.24. The van der Waals surface area contributed by atoms with Crippen LogP contribution in [-0.4, -0.2) is 59.3 Å². The Bertz CT molecular complexity index is 1210. The summed E-state index contributed by atoms with van der Waals surface area (Å²) in [5, 5.41) is 13.4. The molecular formula is C24H23FN4O4S. The van der Waals surface area contributed by atoms with Crippen LogP contribution in [0.1, 0.15) is 15.2 Å². The Hall–Kier alpha value is -3.63. The Kier molecular flexibility index (Phi) is 7.29. The van der Waals surface area contributed by atoms with Crippen LogP contribution in [0.25, 0.3) is 10.4 Å². The van der Waals surface area contributed by atoms with Crippen LogP contribution >= 0.6 is 11.3 Å². The third-order valence-corrected chi connectivity index (χ3v) is 6.71. The molecule has 2 amide bonds. The minimum Gasteiger partial charge on any atom is -0.343 e. The summed E-state index contributed by atoms with van der Waals surface area (Å²) in [6.07, 6.45) is 0. The van der Waals surface area contributed by atoms with Gasteiger partial charge in [-0.1, -0.05) is 18.2 Å². The maximum Gasteiger partial charge on any atom is 0.270 e. The second-order valence-electron chi connectivity index (χ2n) is 7.92. The van der Waals surface area contributed by atoms with Gasteiger partial charge in [0.2, 0.25) is 5.91 Å². The third-order valence-electron chi connectivity index (χ3n) is 5.59. The highest BCUT2D eigenvalue weighted by Crippen LogP contribution is 2.29. The number of carbonyl (C=O) groups excluding carboxylic acids is 2. The number of rotatable bonds is 7. The molecule has 4 rings (SSSR count). The summed E-state index contributed by atoms with van der Waals surface area (Å²) in [6, 6.07) is 16.0. The van der Waals surface area contributed by atoms with Gasteiger partial charge >= 0.3 is 0 Å². The highest BCUT2D eigenvalue weighted by Gasteiger charge is 2.22. The van der Waals surface area contributed by atoms with Crippen molar-refractivity contribution in [3.8, 4) is 10.4 Å². The first-order valence-corrected chi connectivity index (χ1v) is 11.6. The number of benzene rings is 2. The summed E-state index contributed by atoms with van der Waals surface area (Å²) in [4.78, 5) is 41.2. The lowest BCUT2D eigenvalue weighted by molar-refractivity contribution is -0.384. The van der Waals surface area contributed by atoms with E-state index in [0.717, 1.165) is 17.0 Å². The molecule has 1 saturated heterocycles. The largest absolute Gasteiger partial charge is 0.343 e. The minimum atomic E-state index is -0.570. The first-order chi connectivity index (χ1) is 16.4. The lowest BCUT2D eigenvalue weighted by Crippen LogP contribution is -2.50. The highest BCUT2D eigenvalue weighted by atomic mass is 32.1. The van der Waals surface area contributed by atoms with Gasteiger partial charge in [0.15, 0.2) is 0 Å². The van der Waals surface area contributed by atoms with Crippen molar-refractivity contribution >= 4 is 28.8 Å². The molecule has 10 heteroatoms. The number of hydrogen-bond acceptors (Lipinski definition) is 6. The molecule has 3 aromatic rings. The van der Waals surface area contributed by atoms with Crippen molar-refractivity contribution in [2.24, 2.45) is 0 Å². The van der Waals surface area contributed by atoms with Gasteiger partial charge in [-0.15, -0.1) is 11.3 Å². The lowest BCUT2D eigenvalue weighted by Gasteiger charge is -2.34. The fraction of sp³-hybridized carbons (Fsp3) is 0.250. The molecule has 0 radical (unpaired) electrons. The van der Waals surface area contributed by atoms with Crippen LogP contribution in [0.5, 0.6) is 0 Å². The average molecular weight is 483 g/mol. The van der Waals surface area contributed by atoms with Crippen molar-refractivity contribution in [1.29, 1.82) is 0 Å². The number of non-ortho nitro benzene ring substituents is 1. The van der Waals surface area contributed by atoms with Crippen molar-refractivity contribution in [1.82, 2.24) is 15.1 Å². The molecule has 1 N–H and O–H groups in total. The Morgan fingerprint density at radius 2 is 1.79 bits per heavy atom. The monoisotopic (exact) mass is 482 g/mol. The molecule has 0 saturated carbocycles. The second-order valence-corrected chi connectivity index (χ2v) is 9.09. The van der Waals surface area contributed by atoms with Crippen molar-refractivity contribution in [3.05, 3.63) is 87.0 Å². The highest BCUT2D eigenvalue weighted by molar-refractivity contribution is 7.15. The van der Waals surface area contributed by atoms with Crippen LogP contribution in [0.4, 0.5) is 10.1 Å². The fourth-order valence-electron chi connectivity index (χ4n) is 3.77. The summed E-state index contributed by atoms with van der Waals surface area (Å²) >= 11 is 1.63. The number of nitrogens with zero attached hydrogens (tertiary/aromatic N) is 3. The minimum absolute atomic E-state index is 0.139. The van der Waals surface area contributed by atoms with Crippen LogP contribution in [-0.2, 0) is 11.3 Å². The second kappa shape index (κ2) is 10.5. The van der Waals surface area contributed by atoms with Gasteiger partial charge in [-0.3, -0.25) is 24.6 Å². The summed E-state index contributed by atoms with van der Waals surface area (Å²) in [6.45, 7) is 3.10. The number of halogens is 1. The Morgan fingerprint density at radius 1 is 1.03 bits per heavy atom. The molecule has 1 aliphatic heterocycles. The van der Waals surface area contributed by atoms with Gasteiger partial charge in [0.25, 0.3) is 11.6 Å². The van der Waals surface area contributed by atoms with E-state index in [-0.39, 0.29) is 29.5 Å². The van der Waals surface area contributed by atoms with E-state index < -0.39 is 10.8 Å². The van der Waals surface area contributed by atoms with E-state index in [1.54, 1.807) is 22.3 Å². The van der Waals surface area contributed by atoms with E-state index in [1.165, 1.54) is 41.3 Å². The predicted molar refractivity (Wildman–Crippen MR) is 127 cm³/mol. The molecule has 176 valence electrons. The van der Waals surface area contributed by atoms with Crippen LogP contribution in [0.3, 0.4) is 0 Å². The number of nitro groups is 1. The molecule has 8 nitrogen and oxygen atoms in total. The Morgan fingerprint density at radius 3 is 2.53 bits per heavy atom. The molecule has 1 aliphatic rings. The number of nitro benzene ring substituents is 1. The number of piperazine rings is 1. The van der Waals surface area contributed by atoms with Crippen LogP contribution in [0.2, 0.25) is 0 Å². The van der Waals surface area contributed by atoms with Gasteiger partial charge < -0.3 is 10.2 Å². The van der Waals surface area contributed by atoms with Gasteiger partial charge in [0.1, 0.15) is 5.82 Å². The molecule has 2 heterocycles. The summed E-state index contributed by atoms with van der Waals surface area (Å²) < 4.78 is 13.5. The molecule has 0 aliphatic carbocycles. The first-order valence-electron chi connectivity index (χ1n) is 10.8. The topological polar surface area (TPSA) is 95.8 Å². The number of thiophene rings is 1. The number of hydrogen-bond donors (Lipinski definition) is 1. The smallest absolute Gasteiger partial charge is 0.270 e. The zero-order chi connectivity index (χ0) is 24.1. The molecule has 2 aromatic carbocycles. The van der Waals surface area contributed by atoms with Gasteiger partial charge in [-0.2, -0.15) is 0 Å². The van der Waals surface area contributed by atoms with Gasteiger partial charge in [-0.05, 0) is 35.9 Å². The normalized spacial score (nSPS) is 14.1. The lowest BCUT2D eigenvalue weighted by atomic mass is 10.2. The molecule has 0 atom stereocenters. The number of nitrogens with one attached hydrogen (secondary N) is 1. The van der Waals surface area contributed by atoms with Crippen molar-refractivity contribution in [2.45, 2.75) is 6.54 Å². The van der Waals surface area contributed by atoms with Gasteiger partial charge in [0.05, 0.1) is 11.5 Å². The zero-order valence-corrected chi connectivity index (χ0v) is 19.1. The molecule has 1 fully saturated rings. The third kappa shape index (κ3) is 5.83. The van der Waals surface area contributed by atoms with Crippen molar-refractivity contribution < 1.29 is 18.9 Å². The summed E-state index contributed by atoms with van der Waals surface area (Å²) in [5.41, 5.74) is 0.822. The van der Waals surface area contributed by atoms with Crippen LogP contribution < -0.4 is 5.32 Å². The van der Waals surface area contributed by atoms with E-state index in [4.69, 9.17) is 0 Å². The van der Waals surface area contributed by atoms with Crippen LogP contribution in [0.15, 0.2) is 60.7 Å². The molecule has 1 aromatic heterocycles. The van der Waals surface area contributed by atoms with E-state index in [1.807, 2.05) is 18.2 Å². The van der Waals surface area contributed by atoms with E-state index in [0.29, 0.717) is 26.2 Å².